The fourth-order valence-electron chi connectivity index (χ4n) is 2.28. The summed E-state index contributed by atoms with van der Waals surface area (Å²) >= 11 is 0. The highest BCUT2D eigenvalue weighted by Gasteiger charge is 2.27. The Kier molecular flexibility index (Phi) is 4.29. The molecule has 1 heterocycles. The third-order valence-electron chi connectivity index (χ3n) is 3.39. The van der Waals surface area contributed by atoms with Gasteiger partial charge in [0.15, 0.2) is 0 Å². The first-order chi connectivity index (χ1) is 9.52. The minimum atomic E-state index is -0.750. The second kappa shape index (κ2) is 5.96. The molecule has 0 saturated carbocycles. The Morgan fingerprint density at radius 1 is 1.55 bits per heavy atom. The topological polar surface area (TPSA) is 72.7 Å². The summed E-state index contributed by atoms with van der Waals surface area (Å²) in [5, 5.41) is 10.7. The van der Waals surface area contributed by atoms with Crippen molar-refractivity contribution in [1.29, 1.82) is 0 Å². The van der Waals surface area contributed by atoms with Gasteiger partial charge in [-0.25, -0.2) is 4.39 Å². The molecule has 1 saturated heterocycles. The number of ether oxygens (including phenoxy) is 1. The molecular formula is C13H15FN2O4. The van der Waals surface area contributed by atoms with Crippen molar-refractivity contribution in [3.63, 3.8) is 0 Å². The summed E-state index contributed by atoms with van der Waals surface area (Å²) in [4.78, 5) is 23.8. The van der Waals surface area contributed by atoms with Crippen LogP contribution in [0.5, 0.6) is 0 Å². The molecule has 1 aromatic rings. The molecule has 1 aromatic carbocycles. The number of nitro groups is 1. The molecule has 0 aliphatic carbocycles. The van der Waals surface area contributed by atoms with Gasteiger partial charge < -0.3 is 9.64 Å². The smallest absolute Gasteiger partial charge is 0.270 e. The maximum Gasteiger partial charge on any atom is 0.270 e. The van der Waals surface area contributed by atoms with Gasteiger partial charge in [0.1, 0.15) is 5.82 Å². The van der Waals surface area contributed by atoms with Crippen LogP contribution in [-0.4, -0.2) is 42.0 Å². The Hall–Kier alpha value is -2.02. The van der Waals surface area contributed by atoms with E-state index < -0.39 is 16.6 Å². The van der Waals surface area contributed by atoms with Crippen molar-refractivity contribution in [2.75, 3.05) is 20.2 Å². The summed E-state index contributed by atoms with van der Waals surface area (Å²) in [6, 6.07) is 2.97. The van der Waals surface area contributed by atoms with Crippen molar-refractivity contribution in [2.45, 2.75) is 18.9 Å². The molecule has 0 spiro atoms. The van der Waals surface area contributed by atoms with Gasteiger partial charge in [-0.2, -0.15) is 0 Å². The third-order valence-corrected chi connectivity index (χ3v) is 3.39. The Morgan fingerprint density at radius 2 is 2.30 bits per heavy atom. The zero-order valence-electron chi connectivity index (χ0n) is 11.0. The van der Waals surface area contributed by atoms with Gasteiger partial charge in [0.05, 0.1) is 16.6 Å². The summed E-state index contributed by atoms with van der Waals surface area (Å²) in [5.41, 5.74) is -0.564. The van der Waals surface area contributed by atoms with Gasteiger partial charge in [-0.05, 0) is 18.9 Å². The lowest BCUT2D eigenvalue weighted by Gasteiger charge is -2.32. The first kappa shape index (κ1) is 14.4. The number of hydrogen-bond acceptors (Lipinski definition) is 4. The van der Waals surface area contributed by atoms with Crippen LogP contribution in [0.1, 0.15) is 23.2 Å². The van der Waals surface area contributed by atoms with E-state index in [9.17, 15) is 19.3 Å². The predicted octanol–water partition coefficient (Wildman–Crippen LogP) is 1.98. The Labute approximate surface area is 115 Å². The normalized spacial score (nSPS) is 18.9. The number of halogens is 1. The summed E-state index contributed by atoms with van der Waals surface area (Å²) < 4.78 is 18.9. The van der Waals surface area contributed by atoms with E-state index in [4.69, 9.17) is 4.74 Å². The number of methoxy groups -OCH3 is 1. The standard InChI is InChI=1S/C13H15FN2O4/c1-20-10-3-2-6-15(8-10)13(17)11-7-9(16(18)19)4-5-12(11)14/h4-5,7,10H,2-3,6,8H2,1H3. The highest BCUT2D eigenvalue weighted by atomic mass is 19.1. The largest absolute Gasteiger partial charge is 0.380 e. The number of nitro benzene ring substituents is 1. The van der Waals surface area contributed by atoms with Crippen molar-refractivity contribution in [3.8, 4) is 0 Å². The highest BCUT2D eigenvalue weighted by Crippen LogP contribution is 2.21. The maximum absolute atomic E-state index is 13.7. The van der Waals surface area contributed by atoms with Gasteiger partial charge in [-0.15, -0.1) is 0 Å². The average molecular weight is 282 g/mol. The highest BCUT2D eigenvalue weighted by molar-refractivity contribution is 5.95. The van der Waals surface area contributed by atoms with E-state index in [1.54, 1.807) is 7.11 Å². The van der Waals surface area contributed by atoms with E-state index in [2.05, 4.69) is 0 Å². The molecule has 1 atom stereocenters. The molecular weight excluding hydrogens is 267 g/mol. The van der Waals surface area contributed by atoms with E-state index in [-0.39, 0.29) is 17.4 Å². The minimum Gasteiger partial charge on any atom is -0.380 e. The van der Waals surface area contributed by atoms with Gasteiger partial charge in [0, 0.05) is 32.3 Å². The summed E-state index contributed by atoms with van der Waals surface area (Å²) in [6.07, 6.45) is 1.54. The van der Waals surface area contributed by atoms with E-state index in [1.807, 2.05) is 0 Å². The van der Waals surface area contributed by atoms with Gasteiger partial charge in [-0.1, -0.05) is 0 Å². The molecule has 2 rings (SSSR count). The van der Waals surface area contributed by atoms with Crippen molar-refractivity contribution in [2.24, 2.45) is 0 Å². The SMILES string of the molecule is COC1CCCN(C(=O)c2cc([N+](=O)[O-])ccc2F)C1. The number of benzene rings is 1. The molecule has 1 unspecified atom stereocenters. The van der Waals surface area contributed by atoms with Crippen LogP contribution < -0.4 is 0 Å². The van der Waals surface area contributed by atoms with Gasteiger partial charge >= 0.3 is 0 Å². The molecule has 1 aliphatic rings. The zero-order valence-corrected chi connectivity index (χ0v) is 11.0. The second-order valence-corrected chi connectivity index (χ2v) is 4.67. The number of non-ortho nitro benzene ring substituents is 1. The lowest BCUT2D eigenvalue weighted by molar-refractivity contribution is -0.384. The first-order valence-corrected chi connectivity index (χ1v) is 6.29. The number of carbonyl (C=O) groups excluding carboxylic acids is 1. The summed E-state index contributed by atoms with van der Waals surface area (Å²) in [7, 11) is 1.56. The number of hydrogen-bond donors (Lipinski definition) is 0. The predicted molar refractivity (Wildman–Crippen MR) is 69.0 cm³/mol. The van der Waals surface area contributed by atoms with Crippen LogP contribution >= 0.6 is 0 Å². The number of carbonyl (C=O) groups is 1. The molecule has 0 N–H and O–H groups in total. The molecule has 0 aromatic heterocycles. The monoisotopic (exact) mass is 282 g/mol. The van der Waals surface area contributed by atoms with Crippen LogP contribution in [0.4, 0.5) is 10.1 Å². The van der Waals surface area contributed by atoms with E-state index in [1.165, 1.54) is 4.90 Å². The maximum atomic E-state index is 13.7. The van der Waals surface area contributed by atoms with Crippen LogP contribution in [0.25, 0.3) is 0 Å². The molecule has 1 amide bonds. The molecule has 6 nitrogen and oxygen atoms in total. The van der Waals surface area contributed by atoms with Crippen LogP contribution in [0.3, 0.4) is 0 Å². The molecule has 20 heavy (non-hydrogen) atoms. The molecule has 1 aliphatic heterocycles. The van der Waals surface area contributed by atoms with Gasteiger partial charge in [0.25, 0.3) is 11.6 Å². The Bertz CT molecular complexity index is 535. The van der Waals surface area contributed by atoms with Crippen molar-refractivity contribution < 1.29 is 18.8 Å². The zero-order chi connectivity index (χ0) is 14.7. The molecule has 1 fully saturated rings. The average Bonchev–Trinajstić information content (AvgIpc) is 2.46. The second-order valence-electron chi connectivity index (χ2n) is 4.67. The fraction of sp³-hybridized carbons (Fsp3) is 0.462. The number of likely N-dealkylation sites (tertiary alicyclic amines) is 1. The number of amides is 1. The summed E-state index contributed by atoms with van der Waals surface area (Å²) in [6.45, 7) is 0.873. The minimum absolute atomic E-state index is 0.0746. The lowest BCUT2D eigenvalue weighted by Crippen LogP contribution is -2.43. The number of rotatable bonds is 3. The van der Waals surface area contributed by atoms with Crippen molar-refractivity contribution in [1.82, 2.24) is 4.90 Å². The third kappa shape index (κ3) is 2.93. The number of nitrogens with zero attached hydrogens (tertiary/aromatic N) is 2. The van der Waals surface area contributed by atoms with Crippen LogP contribution in [-0.2, 0) is 4.74 Å². The van der Waals surface area contributed by atoms with Crippen LogP contribution in [0.15, 0.2) is 18.2 Å². The first-order valence-electron chi connectivity index (χ1n) is 6.29. The van der Waals surface area contributed by atoms with E-state index in [0.717, 1.165) is 31.0 Å². The van der Waals surface area contributed by atoms with E-state index >= 15 is 0 Å². The van der Waals surface area contributed by atoms with Gasteiger partial charge in [-0.3, -0.25) is 14.9 Å². The van der Waals surface area contributed by atoms with Crippen molar-refractivity contribution in [3.05, 3.63) is 39.7 Å². The Balaban J connectivity index is 2.24. The molecule has 108 valence electrons. The number of piperidine rings is 1. The quantitative estimate of drug-likeness (QED) is 0.627. The van der Waals surface area contributed by atoms with E-state index in [0.29, 0.717) is 13.1 Å². The van der Waals surface area contributed by atoms with Crippen LogP contribution in [0.2, 0.25) is 0 Å². The Morgan fingerprint density at radius 3 is 2.95 bits per heavy atom. The summed E-state index contributed by atoms with van der Waals surface area (Å²) in [5.74, 6) is -1.28. The van der Waals surface area contributed by atoms with Crippen molar-refractivity contribution >= 4 is 11.6 Å². The van der Waals surface area contributed by atoms with Crippen LogP contribution in [0, 0.1) is 15.9 Å². The molecule has 0 radical (unpaired) electrons. The molecule has 0 bridgehead atoms. The lowest BCUT2D eigenvalue weighted by atomic mass is 10.1. The van der Waals surface area contributed by atoms with Gasteiger partial charge in [0.2, 0.25) is 0 Å². The fourth-order valence-corrected chi connectivity index (χ4v) is 2.28. The molecule has 7 heteroatoms.